The van der Waals surface area contributed by atoms with E-state index in [1.807, 2.05) is 0 Å². The third-order valence-electron chi connectivity index (χ3n) is 2.91. The third-order valence-corrected chi connectivity index (χ3v) is 4.13. The summed E-state index contributed by atoms with van der Waals surface area (Å²) in [5.74, 6) is -1.69. The number of esters is 1. The lowest BCUT2D eigenvalue weighted by atomic mass is 10.1. The van der Waals surface area contributed by atoms with Crippen molar-refractivity contribution in [3.05, 3.63) is 35.4 Å². The highest BCUT2D eigenvalue weighted by molar-refractivity contribution is 7.84. The Morgan fingerprint density at radius 2 is 2.00 bits per heavy atom. The summed E-state index contributed by atoms with van der Waals surface area (Å²) < 4.78 is 22.1. The summed E-state index contributed by atoms with van der Waals surface area (Å²) >= 11 is 0. The average Bonchev–Trinajstić information content (AvgIpc) is 2.50. The summed E-state index contributed by atoms with van der Waals surface area (Å²) in [5, 5.41) is 8.90. The van der Waals surface area contributed by atoms with Crippen molar-refractivity contribution in [3.63, 3.8) is 0 Å². The molecule has 0 aliphatic carbocycles. The lowest BCUT2D eigenvalue weighted by Crippen LogP contribution is -2.18. The van der Waals surface area contributed by atoms with Gasteiger partial charge in [0.25, 0.3) is 0 Å². The molecule has 128 valence electrons. The van der Waals surface area contributed by atoms with Crippen LogP contribution in [0, 0.1) is 0 Å². The number of carboxylic acids is 1. The highest BCUT2D eigenvalue weighted by Crippen LogP contribution is 2.08. The van der Waals surface area contributed by atoms with Gasteiger partial charge in [0, 0.05) is 23.2 Å². The number of rotatable bonds is 11. The minimum Gasteiger partial charge on any atom is -0.478 e. The highest BCUT2D eigenvalue weighted by atomic mass is 32.2. The molecule has 0 saturated heterocycles. The number of unbranched alkanes of at least 4 members (excludes halogenated alkanes) is 1. The maximum absolute atomic E-state index is 11.9. The fourth-order valence-electron chi connectivity index (χ4n) is 1.77. The van der Waals surface area contributed by atoms with Crippen LogP contribution in [0.2, 0.25) is 0 Å². The van der Waals surface area contributed by atoms with Crippen molar-refractivity contribution in [1.29, 1.82) is 0 Å². The summed E-state index contributed by atoms with van der Waals surface area (Å²) in [6.45, 7) is 3.18. The molecule has 1 atom stereocenters. The van der Waals surface area contributed by atoms with E-state index >= 15 is 0 Å². The molecule has 1 rings (SSSR count). The SMILES string of the molecule is CCCCOCCOC(=O)CS(=O)Cc1cccc(C(=O)O)c1. The van der Waals surface area contributed by atoms with Crippen LogP contribution in [-0.4, -0.2) is 46.8 Å². The van der Waals surface area contributed by atoms with Crippen LogP contribution in [0.4, 0.5) is 0 Å². The standard InChI is InChI=1S/C16H22O6S/c1-2-3-7-21-8-9-22-15(17)12-23(20)11-13-5-4-6-14(10-13)16(18)19/h4-6,10H,2-3,7-9,11-12H2,1H3,(H,18,19). The molecule has 1 aromatic carbocycles. The molecule has 0 amide bonds. The molecule has 6 nitrogen and oxygen atoms in total. The maximum atomic E-state index is 11.9. The number of carboxylic acid groups (broad SMARTS) is 1. The minimum absolute atomic E-state index is 0.114. The van der Waals surface area contributed by atoms with E-state index < -0.39 is 22.7 Å². The Balaban J connectivity index is 2.29. The van der Waals surface area contributed by atoms with Gasteiger partial charge in [-0.25, -0.2) is 4.79 Å². The summed E-state index contributed by atoms with van der Waals surface area (Å²) in [7, 11) is -1.44. The second-order valence-corrected chi connectivity index (χ2v) is 6.38. The van der Waals surface area contributed by atoms with E-state index in [0.29, 0.717) is 18.8 Å². The number of benzene rings is 1. The zero-order valence-corrected chi connectivity index (χ0v) is 14.0. The topological polar surface area (TPSA) is 89.9 Å². The van der Waals surface area contributed by atoms with Gasteiger partial charge in [-0.2, -0.15) is 0 Å². The molecule has 0 radical (unpaired) electrons. The van der Waals surface area contributed by atoms with Gasteiger partial charge >= 0.3 is 11.9 Å². The van der Waals surface area contributed by atoms with Gasteiger partial charge in [-0.3, -0.25) is 9.00 Å². The molecule has 7 heteroatoms. The van der Waals surface area contributed by atoms with Crippen molar-refractivity contribution in [1.82, 2.24) is 0 Å². The molecule has 1 unspecified atom stereocenters. The normalized spacial score (nSPS) is 11.9. The van der Waals surface area contributed by atoms with Gasteiger partial charge in [0.15, 0.2) is 0 Å². The van der Waals surface area contributed by atoms with Crippen LogP contribution in [0.25, 0.3) is 0 Å². The van der Waals surface area contributed by atoms with Crippen LogP contribution >= 0.6 is 0 Å². The van der Waals surface area contributed by atoms with Crippen molar-refractivity contribution >= 4 is 22.7 Å². The molecule has 0 aliphatic rings. The first-order valence-electron chi connectivity index (χ1n) is 7.43. The Bertz CT molecular complexity index is 543. The molecule has 0 fully saturated rings. The lowest BCUT2D eigenvalue weighted by Gasteiger charge is -2.06. The van der Waals surface area contributed by atoms with E-state index in [1.54, 1.807) is 12.1 Å². The smallest absolute Gasteiger partial charge is 0.335 e. The predicted molar refractivity (Wildman–Crippen MR) is 86.8 cm³/mol. The van der Waals surface area contributed by atoms with Crippen LogP contribution in [-0.2, 0) is 30.8 Å². The van der Waals surface area contributed by atoms with E-state index in [4.69, 9.17) is 14.6 Å². The first kappa shape index (κ1) is 19.3. The van der Waals surface area contributed by atoms with Crippen LogP contribution in [0.15, 0.2) is 24.3 Å². The fourth-order valence-corrected chi connectivity index (χ4v) is 2.77. The number of aromatic carboxylic acids is 1. The van der Waals surface area contributed by atoms with Gasteiger partial charge < -0.3 is 14.6 Å². The number of carbonyl (C=O) groups excluding carboxylic acids is 1. The zero-order valence-electron chi connectivity index (χ0n) is 13.2. The summed E-state index contributed by atoms with van der Waals surface area (Å²) in [6, 6.07) is 6.17. The van der Waals surface area contributed by atoms with E-state index in [9.17, 15) is 13.8 Å². The highest BCUT2D eigenvalue weighted by Gasteiger charge is 2.11. The first-order valence-corrected chi connectivity index (χ1v) is 8.92. The zero-order chi connectivity index (χ0) is 17.1. The molecule has 0 bridgehead atoms. The molecule has 0 saturated carbocycles. The number of ether oxygens (including phenoxy) is 2. The summed E-state index contributed by atoms with van der Waals surface area (Å²) in [4.78, 5) is 22.4. The minimum atomic E-state index is -1.44. The number of carbonyl (C=O) groups is 2. The van der Waals surface area contributed by atoms with Gasteiger partial charge in [-0.1, -0.05) is 25.5 Å². The van der Waals surface area contributed by atoms with E-state index in [-0.39, 0.29) is 23.7 Å². The third kappa shape index (κ3) is 8.47. The maximum Gasteiger partial charge on any atom is 0.335 e. The van der Waals surface area contributed by atoms with Crippen LogP contribution in [0.5, 0.6) is 0 Å². The molecule has 1 aromatic rings. The van der Waals surface area contributed by atoms with Crippen molar-refractivity contribution in [2.45, 2.75) is 25.5 Å². The van der Waals surface area contributed by atoms with Gasteiger partial charge in [-0.05, 0) is 24.1 Å². The van der Waals surface area contributed by atoms with Crippen LogP contribution in [0.1, 0.15) is 35.7 Å². The molecule has 0 heterocycles. The molecule has 0 aromatic heterocycles. The molecule has 0 aliphatic heterocycles. The Morgan fingerprint density at radius 1 is 1.22 bits per heavy atom. The second-order valence-electron chi connectivity index (χ2n) is 4.92. The van der Waals surface area contributed by atoms with E-state index in [2.05, 4.69) is 6.92 Å². The molecule has 23 heavy (non-hydrogen) atoms. The first-order chi connectivity index (χ1) is 11.0. The molecule has 0 spiro atoms. The Hall–Kier alpha value is -1.73. The van der Waals surface area contributed by atoms with Crippen molar-refractivity contribution in [3.8, 4) is 0 Å². The Kier molecular flexibility index (Phi) is 9.16. The Morgan fingerprint density at radius 3 is 2.70 bits per heavy atom. The van der Waals surface area contributed by atoms with E-state index in [0.717, 1.165) is 12.8 Å². The van der Waals surface area contributed by atoms with Gasteiger partial charge in [-0.15, -0.1) is 0 Å². The summed E-state index contributed by atoms with van der Waals surface area (Å²) in [5.41, 5.74) is 0.741. The van der Waals surface area contributed by atoms with Gasteiger partial charge in [0.05, 0.1) is 12.2 Å². The van der Waals surface area contributed by atoms with Crippen molar-refractivity contribution in [2.75, 3.05) is 25.6 Å². The average molecular weight is 342 g/mol. The largest absolute Gasteiger partial charge is 0.478 e. The fraction of sp³-hybridized carbons (Fsp3) is 0.500. The molecular weight excluding hydrogens is 320 g/mol. The van der Waals surface area contributed by atoms with Crippen LogP contribution < -0.4 is 0 Å². The van der Waals surface area contributed by atoms with Crippen LogP contribution in [0.3, 0.4) is 0 Å². The Labute approximate surface area is 138 Å². The van der Waals surface area contributed by atoms with Crippen molar-refractivity contribution < 1.29 is 28.4 Å². The lowest BCUT2D eigenvalue weighted by molar-refractivity contribution is -0.142. The predicted octanol–water partition coefficient (Wildman–Crippen LogP) is 1.99. The number of hydrogen-bond acceptors (Lipinski definition) is 5. The monoisotopic (exact) mass is 342 g/mol. The van der Waals surface area contributed by atoms with Gasteiger partial charge in [0.2, 0.25) is 0 Å². The molecule has 1 N–H and O–H groups in total. The summed E-state index contributed by atoms with van der Waals surface area (Å²) in [6.07, 6.45) is 2.01. The number of hydrogen-bond donors (Lipinski definition) is 1. The van der Waals surface area contributed by atoms with Crippen molar-refractivity contribution in [2.24, 2.45) is 0 Å². The molecular formula is C16H22O6S. The van der Waals surface area contributed by atoms with Gasteiger partial charge in [0.1, 0.15) is 12.4 Å². The second kappa shape index (κ2) is 10.9. The van der Waals surface area contributed by atoms with E-state index in [1.165, 1.54) is 12.1 Å². The quantitative estimate of drug-likeness (QED) is 0.489.